The van der Waals surface area contributed by atoms with E-state index in [0.717, 1.165) is 0 Å². The number of rotatable bonds is 6. The summed E-state index contributed by atoms with van der Waals surface area (Å²) in [6.07, 6.45) is -4.44. The monoisotopic (exact) mass is 399 g/mol. The van der Waals surface area contributed by atoms with Crippen LogP contribution in [-0.2, 0) is 6.18 Å². The van der Waals surface area contributed by atoms with Gasteiger partial charge >= 0.3 is 6.18 Å². The van der Waals surface area contributed by atoms with Crippen molar-refractivity contribution in [3.05, 3.63) is 37.9 Å². The van der Waals surface area contributed by atoms with Gasteiger partial charge in [0.15, 0.2) is 5.69 Å². The van der Waals surface area contributed by atoms with Crippen molar-refractivity contribution in [3.63, 3.8) is 0 Å². The lowest BCUT2D eigenvalue weighted by Gasteiger charge is -2.26. The van der Waals surface area contributed by atoms with E-state index in [0.29, 0.717) is 18.6 Å². The Labute approximate surface area is 137 Å². The summed E-state index contributed by atoms with van der Waals surface area (Å²) >= 11 is 3.16. The van der Waals surface area contributed by atoms with Crippen molar-refractivity contribution in [1.82, 2.24) is 0 Å². The maximum absolute atomic E-state index is 12.8. The Morgan fingerprint density at radius 2 is 1.65 bits per heavy atom. The van der Waals surface area contributed by atoms with Gasteiger partial charge in [-0.15, -0.1) is 0 Å². The Balaban J connectivity index is 3.78. The lowest BCUT2D eigenvalue weighted by atomic mass is 10.1. The van der Waals surface area contributed by atoms with Crippen LogP contribution in [0.15, 0.2) is 12.1 Å². The number of halogens is 4. The molecular weight excluding hydrogens is 387 g/mol. The second kappa shape index (κ2) is 7.11. The lowest BCUT2D eigenvalue weighted by molar-refractivity contribution is -0.393. The summed E-state index contributed by atoms with van der Waals surface area (Å²) in [4.78, 5) is 21.0. The molecule has 1 aromatic carbocycles. The van der Waals surface area contributed by atoms with Crippen molar-refractivity contribution in [2.24, 2.45) is 0 Å². The van der Waals surface area contributed by atoms with Gasteiger partial charge in [-0.25, -0.2) is 0 Å². The molecule has 0 aliphatic carbocycles. The van der Waals surface area contributed by atoms with Crippen LogP contribution >= 0.6 is 15.9 Å². The zero-order valence-electron chi connectivity index (χ0n) is 12.1. The molecule has 0 aliphatic heterocycles. The minimum atomic E-state index is -4.93. The summed E-state index contributed by atoms with van der Waals surface area (Å²) in [6, 6.07) is 0.640. The number of benzene rings is 1. The minimum Gasteiger partial charge on any atom is -0.348 e. The largest absolute Gasteiger partial charge is 0.416 e. The van der Waals surface area contributed by atoms with E-state index in [1.807, 2.05) is 0 Å². The fourth-order valence-corrected chi connectivity index (χ4v) is 2.46. The molecule has 0 aliphatic rings. The Bertz CT molecular complexity index is 587. The fraction of sp³-hybridized carbons (Fsp3) is 0.500. The number of nitrogens with zero attached hydrogens (tertiary/aromatic N) is 3. The molecule has 0 radical (unpaired) electrons. The molecule has 23 heavy (non-hydrogen) atoms. The van der Waals surface area contributed by atoms with Gasteiger partial charge in [0.25, 0.3) is 11.4 Å². The highest BCUT2D eigenvalue weighted by Crippen LogP contribution is 2.44. The Morgan fingerprint density at radius 3 is 1.91 bits per heavy atom. The van der Waals surface area contributed by atoms with Crippen molar-refractivity contribution < 1.29 is 23.0 Å². The van der Waals surface area contributed by atoms with Crippen molar-refractivity contribution >= 4 is 33.0 Å². The molecule has 1 unspecified atom stereocenters. The second-order valence-electron chi connectivity index (χ2n) is 4.64. The molecule has 1 atom stereocenters. The normalized spacial score (nSPS) is 12.8. The van der Waals surface area contributed by atoms with Gasteiger partial charge in [0.1, 0.15) is 0 Å². The summed E-state index contributed by atoms with van der Waals surface area (Å²) in [6.45, 7) is 3.50. The molecule has 1 rings (SSSR count). The van der Waals surface area contributed by atoms with Gasteiger partial charge in [-0.2, -0.15) is 13.2 Å². The topological polar surface area (TPSA) is 89.5 Å². The first-order chi connectivity index (χ1) is 10.5. The van der Waals surface area contributed by atoms with Crippen molar-refractivity contribution in [2.45, 2.75) is 31.4 Å². The number of hydrogen-bond acceptors (Lipinski definition) is 5. The molecule has 0 saturated carbocycles. The van der Waals surface area contributed by atoms with Crippen LogP contribution in [-0.4, -0.2) is 21.3 Å². The SMILES string of the molecule is CCCN(c1c([N+](=O)[O-])cc(C(F)(F)F)cc1[N+](=O)[O-])C(C)Br. The summed E-state index contributed by atoms with van der Waals surface area (Å²) in [5.41, 5.74) is -3.78. The molecular formula is C12H13BrF3N3O4. The highest BCUT2D eigenvalue weighted by molar-refractivity contribution is 9.09. The van der Waals surface area contributed by atoms with Crippen LogP contribution in [0.25, 0.3) is 0 Å². The van der Waals surface area contributed by atoms with Gasteiger partial charge in [0.05, 0.1) is 20.4 Å². The standard InChI is InChI=1S/C12H13BrF3N3O4/c1-3-4-17(7(2)13)11-9(18(20)21)5-8(12(14,15)16)6-10(11)19(22)23/h5-7H,3-4H2,1-2H3. The molecule has 11 heteroatoms. The summed E-state index contributed by atoms with van der Waals surface area (Å²) < 4.78 is 38.5. The lowest BCUT2D eigenvalue weighted by Crippen LogP contribution is -2.31. The number of anilines is 1. The van der Waals surface area contributed by atoms with E-state index in [2.05, 4.69) is 15.9 Å². The van der Waals surface area contributed by atoms with Gasteiger partial charge in [0, 0.05) is 18.7 Å². The van der Waals surface area contributed by atoms with Crippen LogP contribution in [0.4, 0.5) is 30.2 Å². The van der Waals surface area contributed by atoms with Crippen LogP contribution in [0.3, 0.4) is 0 Å². The maximum Gasteiger partial charge on any atom is 0.416 e. The van der Waals surface area contributed by atoms with Crippen molar-refractivity contribution in [2.75, 3.05) is 11.4 Å². The Hall–Kier alpha value is -1.91. The predicted molar refractivity (Wildman–Crippen MR) is 80.8 cm³/mol. The van der Waals surface area contributed by atoms with E-state index in [4.69, 9.17) is 0 Å². The van der Waals surface area contributed by atoms with Crippen LogP contribution in [0.5, 0.6) is 0 Å². The molecule has 0 fully saturated rings. The summed E-state index contributed by atoms with van der Waals surface area (Å²) in [5.74, 6) is 0. The third-order valence-corrected chi connectivity index (χ3v) is 3.47. The number of hydrogen-bond donors (Lipinski definition) is 0. The zero-order valence-corrected chi connectivity index (χ0v) is 13.7. The first kappa shape index (κ1) is 19.1. The van der Waals surface area contributed by atoms with E-state index in [-0.39, 0.29) is 6.54 Å². The van der Waals surface area contributed by atoms with E-state index in [1.54, 1.807) is 13.8 Å². The summed E-state index contributed by atoms with van der Waals surface area (Å²) in [5, 5.41) is 22.4. The van der Waals surface area contributed by atoms with Gasteiger partial charge in [-0.05, 0) is 13.3 Å². The van der Waals surface area contributed by atoms with Gasteiger partial charge in [-0.3, -0.25) is 20.2 Å². The van der Waals surface area contributed by atoms with Crippen LogP contribution in [0.1, 0.15) is 25.8 Å². The summed E-state index contributed by atoms with van der Waals surface area (Å²) in [7, 11) is 0. The van der Waals surface area contributed by atoms with Crippen molar-refractivity contribution in [3.8, 4) is 0 Å². The predicted octanol–water partition coefficient (Wildman–Crippen LogP) is 4.48. The van der Waals surface area contributed by atoms with Crippen LogP contribution in [0, 0.1) is 20.2 Å². The highest BCUT2D eigenvalue weighted by Gasteiger charge is 2.39. The Morgan fingerprint density at radius 1 is 1.22 bits per heavy atom. The molecule has 0 bridgehead atoms. The van der Waals surface area contributed by atoms with E-state index >= 15 is 0 Å². The van der Waals surface area contributed by atoms with E-state index in [1.165, 1.54) is 4.90 Å². The average Bonchev–Trinajstić information content (AvgIpc) is 2.41. The maximum atomic E-state index is 12.8. The van der Waals surface area contributed by atoms with Gasteiger partial charge in [0.2, 0.25) is 0 Å². The fourth-order valence-electron chi connectivity index (χ4n) is 2.05. The molecule has 1 aromatic rings. The molecule has 0 spiro atoms. The first-order valence-corrected chi connectivity index (χ1v) is 7.37. The molecule has 0 N–H and O–H groups in total. The van der Waals surface area contributed by atoms with Gasteiger partial charge in [-0.1, -0.05) is 22.9 Å². The van der Waals surface area contributed by atoms with Crippen molar-refractivity contribution in [1.29, 1.82) is 0 Å². The third kappa shape index (κ3) is 4.30. The zero-order chi connectivity index (χ0) is 17.9. The number of nitro benzene ring substituents is 2. The number of nitro groups is 2. The van der Waals surface area contributed by atoms with Crippen LogP contribution < -0.4 is 4.90 Å². The van der Waals surface area contributed by atoms with Gasteiger partial charge < -0.3 is 4.90 Å². The average molecular weight is 400 g/mol. The van der Waals surface area contributed by atoms with Crippen LogP contribution in [0.2, 0.25) is 0 Å². The highest BCUT2D eigenvalue weighted by atomic mass is 79.9. The Kier molecular flexibility index (Phi) is 5.92. The number of alkyl halides is 4. The molecule has 0 saturated heterocycles. The van der Waals surface area contributed by atoms with E-state index in [9.17, 15) is 33.4 Å². The smallest absolute Gasteiger partial charge is 0.348 e. The third-order valence-electron chi connectivity index (χ3n) is 2.97. The molecule has 128 valence electrons. The van der Waals surface area contributed by atoms with E-state index < -0.39 is 43.6 Å². The quantitative estimate of drug-likeness (QED) is 0.304. The molecule has 0 heterocycles. The second-order valence-corrected chi connectivity index (χ2v) is 5.97. The molecule has 0 amide bonds. The molecule has 7 nitrogen and oxygen atoms in total. The molecule has 0 aromatic heterocycles. The minimum absolute atomic E-state index is 0.194. The first-order valence-electron chi connectivity index (χ1n) is 6.45.